The summed E-state index contributed by atoms with van der Waals surface area (Å²) in [5, 5.41) is 29.6. The number of fused-ring (bicyclic) bond motifs is 1. The fourth-order valence-electron chi connectivity index (χ4n) is 3.62. The van der Waals surface area contributed by atoms with Gasteiger partial charge in [0.15, 0.2) is 17.7 Å². The molecule has 0 radical (unpaired) electrons. The van der Waals surface area contributed by atoms with Gasteiger partial charge >= 0.3 is 0 Å². The van der Waals surface area contributed by atoms with Crippen LogP contribution in [0.2, 0.25) is 0 Å². The predicted octanol–water partition coefficient (Wildman–Crippen LogP) is -1.94. The molecule has 4 rings (SSSR count). The highest BCUT2D eigenvalue weighted by Crippen LogP contribution is 2.30. The number of anilines is 1. The molecule has 3 aliphatic rings. The van der Waals surface area contributed by atoms with E-state index in [9.17, 15) is 15.3 Å². The molecule has 0 aliphatic carbocycles. The van der Waals surface area contributed by atoms with Crippen molar-refractivity contribution in [1.29, 1.82) is 0 Å². The fraction of sp³-hybridized carbons (Fsp3) is 0.471. The summed E-state index contributed by atoms with van der Waals surface area (Å²) < 4.78 is 5.59. The molecule has 0 aromatic heterocycles. The van der Waals surface area contributed by atoms with E-state index in [1.54, 1.807) is 11.0 Å². The van der Waals surface area contributed by atoms with E-state index in [1.165, 1.54) is 6.34 Å². The quantitative estimate of drug-likeness (QED) is 0.383. The van der Waals surface area contributed by atoms with Crippen molar-refractivity contribution in [3.63, 3.8) is 0 Å². The maximum Gasteiger partial charge on any atom is 0.162 e. The van der Waals surface area contributed by atoms with E-state index in [4.69, 9.17) is 16.2 Å². The Labute approximate surface area is 155 Å². The van der Waals surface area contributed by atoms with E-state index in [2.05, 4.69) is 15.0 Å². The molecule has 5 atom stereocenters. The Balaban J connectivity index is 1.57. The van der Waals surface area contributed by atoms with Gasteiger partial charge in [-0.3, -0.25) is 4.99 Å². The number of benzene rings is 1. The van der Waals surface area contributed by atoms with Crippen LogP contribution in [0.1, 0.15) is 5.56 Å². The van der Waals surface area contributed by atoms with Crippen molar-refractivity contribution in [2.24, 2.45) is 20.7 Å². The van der Waals surface area contributed by atoms with Gasteiger partial charge < -0.3 is 36.4 Å². The standard InChI is InChI=1S/C17H22N6O4/c18-10-3-1-2-9(4-10)5-17(19)14-15(20-7-22-17)23(8-21-14)16-13(26)12(25)11(6-24)27-16/h1-4,7,11-13,16,24-26H,5-6,8,18-19H2/t11-,12-,13-,16-,17?/m1/s1. The van der Waals surface area contributed by atoms with E-state index in [-0.39, 0.29) is 6.67 Å². The molecule has 10 nitrogen and oxygen atoms in total. The molecule has 7 N–H and O–H groups in total. The molecule has 1 aromatic carbocycles. The summed E-state index contributed by atoms with van der Waals surface area (Å²) in [7, 11) is 0. The van der Waals surface area contributed by atoms with Crippen molar-refractivity contribution in [2.45, 2.75) is 36.6 Å². The Hall–Kier alpha value is -2.37. The highest BCUT2D eigenvalue weighted by Gasteiger charge is 2.50. The maximum absolute atomic E-state index is 10.3. The van der Waals surface area contributed by atoms with Gasteiger partial charge in [-0.2, -0.15) is 0 Å². The lowest BCUT2D eigenvalue weighted by Gasteiger charge is -2.32. The van der Waals surface area contributed by atoms with Gasteiger partial charge in [0, 0.05) is 12.1 Å². The van der Waals surface area contributed by atoms with Crippen LogP contribution in [0.4, 0.5) is 5.69 Å². The average Bonchev–Trinajstić information content (AvgIpc) is 3.18. The second kappa shape index (κ2) is 6.66. The molecule has 3 heterocycles. The third kappa shape index (κ3) is 3.01. The third-order valence-electron chi connectivity index (χ3n) is 4.99. The number of aliphatic imine (C=N–C) groups is 3. The molecule has 144 valence electrons. The summed E-state index contributed by atoms with van der Waals surface area (Å²) in [5.74, 6) is 0.436. The van der Waals surface area contributed by atoms with Crippen LogP contribution in [0, 0.1) is 0 Å². The van der Waals surface area contributed by atoms with Crippen molar-refractivity contribution >= 4 is 23.6 Å². The Morgan fingerprint density at radius 1 is 1.30 bits per heavy atom. The SMILES string of the molecule is Nc1cccc(CC2(N)N=CN=C3C2=NCN3[C@@H]2O[C@H](CO)[C@@H](O)[C@H]2O)c1. The summed E-state index contributed by atoms with van der Waals surface area (Å²) in [5.41, 5.74) is 13.3. The fourth-order valence-corrected chi connectivity index (χ4v) is 3.62. The molecule has 27 heavy (non-hydrogen) atoms. The van der Waals surface area contributed by atoms with Crippen LogP contribution in [0.15, 0.2) is 39.2 Å². The van der Waals surface area contributed by atoms with Crippen LogP contribution in [0.25, 0.3) is 0 Å². The zero-order chi connectivity index (χ0) is 19.2. The van der Waals surface area contributed by atoms with Gasteiger partial charge in [0.25, 0.3) is 0 Å². The number of ether oxygens (including phenoxy) is 1. The lowest BCUT2D eigenvalue weighted by Crippen LogP contribution is -2.56. The highest BCUT2D eigenvalue weighted by molar-refractivity contribution is 6.47. The maximum atomic E-state index is 10.3. The average molecular weight is 374 g/mol. The molecule has 1 fully saturated rings. The first-order chi connectivity index (χ1) is 12.9. The number of amidine groups is 1. The minimum atomic E-state index is -1.21. The van der Waals surface area contributed by atoms with Crippen LogP contribution >= 0.6 is 0 Å². The smallest absolute Gasteiger partial charge is 0.162 e. The van der Waals surface area contributed by atoms with E-state index in [1.807, 2.05) is 18.2 Å². The van der Waals surface area contributed by atoms with Crippen molar-refractivity contribution in [3.05, 3.63) is 29.8 Å². The Kier molecular flexibility index (Phi) is 4.44. The summed E-state index contributed by atoms with van der Waals surface area (Å²) in [6.07, 6.45) is -2.44. The van der Waals surface area contributed by atoms with Gasteiger partial charge in [0.05, 0.1) is 6.61 Å². The van der Waals surface area contributed by atoms with Crippen molar-refractivity contribution < 1.29 is 20.1 Å². The summed E-state index contributed by atoms with van der Waals surface area (Å²) in [4.78, 5) is 14.7. The van der Waals surface area contributed by atoms with Crippen LogP contribution < -0.4 is 11.5 Å². The van der Waals surface area contributed by atoms with Gasteiger partial charge in [0.1, 0.15) is 37.0 Å². The number of hydrogen-bond donors (Lipinski definition) is 5. The second-order valence-electron chi connectivity index (χ2n) is 6.89. The predicted molar refractivity (Wildman–Crippen MR) is 99.3 cm³/mol. The molecule has 10 heteroatoms. The number of nitrogens with two attached hydrogens (primary N) is 2. The number of rotatable bonds is 4. The number of hydrogen-bond acceptors (Lipinski definition) is 10. The molecule has 0 spiro atoms. The van der Waals surface area contributed by atoms with Crippen LogP contribution in [-0.4, -0.2) is 81.6 Å². The molecule has 1 aromatic rings. The number of nitrogen functional groups attached to an aromatic ring is 1. The van der Waals surface area contributed by atoms with Crippen LogP contribution in [-0.2, 0) is 11.2 Å². The summed E-state index contributed by atoms with van der Waals surface area (Å²) >= 11 is 0. The van der Waals surface area contributed by atoms with Gasteiger partial charge in [0.2, 0.25) is 0 Å². The topological polar surface area (TPSA) is 162 Å². The minimum Gasteiger partial charge on any atom is -0.399 e. The van der Waals surface area contributed by atoms with Crippen molar-refractivity contribution in [2.75, 3.05) is 19.0 Å². The number of aliphatic hydroxyl groups excluding tert-OH is 3. The van der Waals surface area contributed by atoms with Crippen LogP contribution in [0.3, 0.4) is 0 Å². The first-order valence-electron chi connectivity index (χ1n) is 8.62. The monoisotopic (exact) mass is 374 g/mol. The third-order valence-corrected chi connectivity index (χ3v) is 4.99. The lowest BCUT2D eigenvalue weighted by atomic mass is 9.94. The molecule has 3 aliphatic heterocycles. The molecule has 0 amide bonds. The molecule has 1 saturated heterocycles. The second-order valence-corrected chi connectivity index (χ2v) is 6.89. The normalized spacial score (nSPS) is 35.2. The van der Waals surface area contributed by atoms with Crippen molar-refractivity contribution in [1.82, 2.24) is 4.90 Å². The summed E-state index contributed by atoms with van der Waals surface area (Å²) in [6, 6.07) is 7.37. The molecular weight excluding hydrogens is 352 g/mol. The van der Waals surface area contributed by atoms with Gasteiger partial charge in [-0.05, 0) is 17.7 Å². The Bertz CT molecular complexity index is 827. The lowest BCUT2D eigenvalue weighted by molar-refractivity contribution is -0.0688. The largest absolute Gasteiger partial charge is 0.399 e. The van der Waals surface area contributed by atoms with Crippen molar-refractivity contribution in [3.8, 4) is 0 Å². The minimum absolute atomic E-state index is 0.153. The van der Waals surface area contributed by atoms with E-state index in [0.29, 0.717) is 23.7 Å². The molecular formula is C17H22N6O4. The molecule has 1 unspecified atom stereocenters. The number of aliphatic hydroxyl groups is 3. The zero-order valence-corrected chi connectivity index (χ0v) is 14.5. The first-order valence-corrected chi connectivity index (χ1v) is 8.62. The van der Waals surface area contributed by atoms with Gasteiger partial charge in [-0.25, -0.2) is 9.98 Å². The Morgan fingerprint density at radius 2 is 2.11 bits per heavy atom. The van der Waals surface area contributed by atoms with Gasteiger partial charge in [-0.1, -0.05) is 12.1 Å². The molecule has 0 bridgehead atoms. The first kappa shape index (κ1) is 18.0. The zero-order valence-electron chi connectivity index (χ0n) is 14.5. The molecule has 0 saturated carbocycles. The highest BCUT2D eigenvalue weighted by atomic mass is 16.6. The van der Waals surface area contributed by atoms with E-state index >= 15 is 0 Å². The van der Waals surface area contributed by atoms with E-state index < -0.39 is 36.8 Å². The number of nitrogens with zero attached hydrogens (tertiary/aromatic N) is 4. The summed E-state index contributed by atoms with van der Waals surface area (Å²) in [6.45, 7) is -0.250. The van der Waals surface area contributed by atoms with Gasteiger partial charge in [-0.15, -0.1) is 0 Å². The Morgan fingerprint density at radius 3 is 2.81 bits per heavy atom. The van der Waals surface area contributed by atoms with E-state index in [0.717, 1.165) is 5.56 Å². The van der Waals surface area contributed by atoms with Crippen LogP contribution in [0.5, 0.6) is 0 Å².